The van der Waals surface area contributed by atoms with E-state index >= 15 is 0 Å². The number of benzene rings is 1. The van der Waals surface area contributed by atoms with Crippen LogP contribution in [0.15, 0.2) is 18.2 Å². The Hall–Kier alpha value is -0.730. The predicted molar refractivity (Wildman–Crippen MR) is 70.0 cm³/mol. The van der Waals surface area contributed by atoms with E-state index in [1.807, 2.05) is 12.1 Å². The summed E-state index contributed by atoms with van der Waals surface area (Å²) < 4.78 is 0. The molecule has 0 aromatic heterocycles. The molecule has 0 spiro atoms. The normalized spacial score (nSPS) is 15.2. The number of halogens is 1. The molecule has 1 saturated carbocycles. The molecule has 1 aliphatic carbocycles. The van der Waals surface area contributed by atoms with E-state index in [1.165, 1.54) is 18.5 Å². The van der Waals surface area contributed by atoms with Crippen LogP contribution in [0.3, 0.4) is 0 Å². The molecular weight excluding hydrogens is 220 g/mol. The maximum absolute atomic E-state index is 6.19. The number of hydrogen-bond acceptors (Lipinski definition) is 2. The number of hydrogen-bond donors (Lipinski definition) is 1. The van der Waals surface area contributed by atoms with Crippen LogP contribution in [0.1, 0.15) is 31.7 Å². The molecule has 0 saturated heterocycles. The molecule has 0 heterocycles. The predicted octanol–water partition coefficient (Wildman–Crippen LogP) is 3.18. The van der Waals surface area contributed by atoms with E-state index in [-0.39, 0.29) is 0 Å². The van der Waals surface area contributed by atoms with Gasteiger partial charge in [-0.2, -0.15) is 0 Å². The van der Waals surface area contributed by atoms with Crippen molar-refractivity contribution in [2.24, 2.45) is 5.73 Å². The summed E-state index contributed by atoms with van der Waals surface area (Å²) in [5.41, 5.74) is 8.12. The van der Waals surface area contributed by atoms with Gasteiger partial charge in [-0.1, -0.05) is 24.6 Å². The highest BCUT2D eigenvalue weighted by Crippen LogP contribution is 2.35. The van der Waals surface area contributed by atoms with Crippen molar-refractivity contribution in [3.05, 3.63) is 28.8 Å². The van der Waals surface area contributed by atoms with Gasteiger partial charge in [0.1, 0.15) is 0 Å². The molecule has 1 fully saturated rings. The lowest BCUT2D eigenvalue weighted by Crippen LogP contribution is -2.28. The first-order valence-corrected chi connectivity index (χ1v) is 6.39. The Bertz CT molecular complexity index is 361. The van der Waals surface area contributed by atoms with Crippen molar-refractivity contribution in [3.63, 3.8) is 0 Å². The molecule has 0 amide bonds. The summed E-state index contributed by atoms with van der Waals surface area (Å²) in [6, 6.07) is 6.79. The zero-order valence-electron chi connectivity index (χ0n) is 9.75. The second-order valence-electron chi connectivity index (χ2n) is 4.37. The van der Waals surface area contributed by atoms with E-state index < -0.39 is 0 Å². The van der Waals surface area contributed by atoms with Gasteiger partial charge in [0.25, 0.3) is 0 Å². The highest BCUT2D eigenvalue weighted by Gasteiger charge is 2.29. The molecule has 88 valence electrons. The van der Waals surface area contributed by atoms with Gasteiger partial charge in [-0.15, -0.1) is 0 Å². The van der Waals surface area contributed by atoms with E-state index in [4.69, 9.17) is 17.3 Å². The SMILES string of the molecule is CCCN(c1cccc(Cl)c1CN)C1CC1. The van der Waals surface area contributed by atoms with Crippen molar-refractivity contribution in [1.29, 1.82) is 0 Å². The van der Waals surface area contributed by atoms with Gasteiger partial charge in [-0.25, -0.2) is 0 Å². The zero-order valence-corrected chi connectivity index (χ0v) is 10.5. The third-order valence-corrected chi connectivity index (χ3v) is 3.41. The van der Waals surface area contributed by atoms with Crippen molar-refractivity contribution < 1.29 is 0 Å². The lowest BCUT2D eigenvalue weighted by Gasteiger charge is -2.27. The summed E-state index contributed by atoms with van der Waals surface area (Å²) in [6.45, 7) is 3.82. The van der Waals surface area contributed by atoms with Crippen LogP contribution in [-0.2, 0) is 6.54 Å². The molecule has 0 unspecified atom stereocenters. The molecular formula is C13H19ClN2. The van der Waals surface area contributed by atoms with E-state index in [0.717, 1.165) is 23.6 Å². The lowest BCUT2D eigenvalue weighted by atomic mass is 10.1. The van der Waals surface area contributed by atoms with Gasteiger partial charge >= 0.3 is 0 Å². The van der Waals surface area contributed by atoms with Crippen molar-refractivity contribution >= 4 is 17.3 Å². The van der Waals surface area contributed by atoms with E-state index in [2.05, 4.69) is 17.9 Å². The average molecular weight is 239 g/mol. The van der Waals surface area contributed by atoms with Crippen LogP contribution in [0.5, 0.6) is 0 Å². The van der Waals surface area contributed by atoms with Crippen molar-refractivity contribution in [2.75, 3.05) is 11.4 Å². The van der Waals surface area contributed by atoms with Crippen LogP contribution in [0, 0.1) is 0 Å². The van der Waals surface area contributed by atoms with Crippen LogP contribution in [0.4, 0.5) is 5.69 Å². The highest BCUT2D eigenvalue weighted by atomic mass is 35.5. The van der Waals surface area contributed by atoms with Crippen molar-refractivity contribution in [3.8, 4) is 0 Å². The summed E-state index contributed by atoms with van der Waals surface area (Å²) in [5, 5.41) is 0.793. The van der Waals surface area contributed by atoms with E-state index in [0.29, 0.717) is 12.6 Å². The Morgan fingerprint density at radius 1 is 1.44 bits per heavy atom. The van der Waals surface area contributed by atoms with Crippen LogP contribution in [0.25, 0.3) is 0 Å². The quantitative estimate of drug-likeness (QED) is 0.854. The first kappa shape index (κ1) is 11.7. The Labute approximate surface area is 102 Å². The molecule has 16 heavy (non-hydrogen) atoms. The molecule has 0 aliphatic heterocycles. The first-order chi connectivity index (χ1) is 7.77. The molecule has 2 nitrogen and oxygen atoms in total. The molecule has 0 atom stereocenters. The fraction of sp³-hybridized carbons (Fsp3) is 0.538. The van der Waals surface area contributed by atoms with Gasteiger partial charge in [-0.3, -0.25) is 0 Å². The molecule has 3 heteroatoms. The highest BCUT2D eigenvalue weighted by molar-refractivity contribution is 6.31. The Kier molecular flexibility index (Phi) is 3.72. The van der Waals surface area contributed by atoms with E-state index in [1.54, 1.807) is 0 Å². The smallest absolute Gasteiger partial charge is 0.0471 e. The van der Waals surface area contributed by atoms with Gasteiger partial charge in [0.2, 0.25) is 0 Å². The third-order valence-electron chi connectivity index (χ3n) is 3.06. The van der Waals surface area contributed by atoms with Crippen LogP contribution in [-0.4, -0.2) is 12.6 Å². The van der Waals surface area contributed by atoms with Gasteiger partial charge < -0.3 is 10.6 Å². The minimum Gasteiger partial charge on any atom is -0.368 e. The molecule has 1 aromatic rings. The van der Waals surface area contributed by atoms with Gasteiger partial charge in [-0.05, 0) is 31.4 Å². The second kappa shape index (κ2) is 5.07. The number of nitrogens with zero attached hydrogens (tertiary/aromatic N) is 1. The van der Waals surface area contributed by atoms with E-state index in [9.17, 15) is 0 Å². The standard InChI is InChI=1S/C13H19ClN2/c1-2-8-16(10-6-7-10)13-5-3-4-12(14)11(13)9-15/h3-5,10H,2,6-9,15H2,1H3. The van der Waals surface area contributed by atoms with Crippen LogP contribution < -0.4 is 10.6 Å². The maximum atomic E-state index is 6.19. The largest absolute Gasteiger partial charge is 0.368 e. The van der Waals surface area contributed by atoms with Crippen LogP contribution >= 0.6 is 11.6 Å². The summed E-state index contributed by atoms with van der Waals surface area (Å²) in [6.07, 6.45) is 3.76. The Morgan fingerprint density at radius 2 is 2.19 bits per heavy atom. The number of anilines is 1. The fourth-order valence-corrected chi connectivity index (χ4v) is 2.39. The Balaban J connectivity index is 2.32. The minimum atomic E-state index is 0.516. The molecule has 0 radical (unpaired) electrons. The monoisotopic (exact) mass is 238 g/mol. The number of rotatable bonds is 5. The Morgan fingerprint density at radius 3 is 2.75 bits per heavy atom. The van der Waals surface area contributed by atoms with Crippen LogP contribution in [0.2, 0.25) is 5.02 Å². The molecule has 2 rings (SSSR count). The first-order valence-electron chi connectivity index (χ1n) is 6.02. The minimum absolute atomic E-state index is 0.516. The van der Waals surface area contributed by atoms with Crippen molar-refractivity contribution in [1.82, 2.24) is 0 Å². The third kappa shape index (κ3) is 2.33. The topological polar surface area (TPSA) is 29.3 Å². The maximum Gasteiger partial charge on any atom is 0.0471 e. The average Bonchev–Trinajstić information content (AvgIpc) is 3.09. The second-order valence-corrected chi connectivity index (χ2v) is 4.77. The van der Waals surface area contributed by atoms with Gasteiger partial charge in [0, 0.05) is 35.4 Å². The fourth-order valence-electron chi connectivity index (χ4n) is 2.15. The molecule has 2 N–H and O–H groups in total. The van der Waals surface area contributed by atoms with Crippen molar-refractivity contribution in [2.45, 2.75) is 38.8 Å². The number of nitrogens with two attached hydrogens (primary N) is 1. The van der Waals surface area contributed by atoms with Gasteiger partial charge in [0.15, 0.2) is 0 Å². The summed E-state index contributed by atoms with van der Waals surface area (Å²) in [7, 11) is 0. The summed E-state index contributed by atoms with van der Waals surface area (Å²) in [5.74, 6) is 0. The molecule has 1 aromatic carbocycles. The summed E-state index contributed by atoms with van der Waals surface area (Å²) in [4.78, 5) is 2.47. The molecule has 0 bridgehead atoms. The summed E-state index contributed by atoms with van der Waals surface area (Å²) >= 11 is 6.19. The van der Waals surface area contributed by atoms with Gasteiger partial charge in [0.05, 0.1) is 0 Å². The lowest BCUT2D eigenvalue weighted by molar-refractivity contribution is 0.757. The molecule has 1 aliphatic rings. The zero-order chi connectivity index (χ0) is 11.5.